The average molecular weight is 508 g/mol. The van der Waals surface area contributed by atoms with Gasteiger partial charge in [-0.2, -0.15) is 0 Å². The van der Waals surface area contributed by atoms with Crippen LogP contribution in [0.1, 0.15) is 31.4 Å². The maximum atomic E-state index is 13.0. The Hall–Kier alpha value is -3.72. The lowest BCUT2D eigenvalue weighted by atomic mass is 9.92. The van der Waals surface area contributed by atoms with Crippen LogP contribution in [0.15, 0.2) is 82.0 Å². The highest BCUT2D eigenvalue weighted by Crippen LogP contribution is 2.45. The molecular weight excluding hydrogens is 478 g/mol. The second kappa shape index (κ2) is 11.8. The number of allylic oxidation sites excluding steroid dienone is 1. The molecule has 1 atom stereocenters. The van der Waals surface area contributed by atoms with E-state index in [1.54, 1.807) is 7.11 Å². The minimum Gasteiger partial charge on any atom is -0.497 e. The average Bonchev–Trinajstić information content (AvgIpc) is 3.32. The van der Waals surface area contributed by atoms with Crippen LogP contribution >= 0.6 is 11.8 Å². The summed E-state index contributed by atoms with van der Waals surface area (Å²) in [4.78, 5) is 32.5. The van der Waals surface area contributed by atoms with E-state index >= 15 is 0 Å². The zero-order valence-corrected chi connectivity index (χ0v) is 21.3. The predicted octanol–water partition coefficient (Wildman–Crippen LogP) is 4.42. The molecule has 1 unspecified atom stereocenters. The number of hydrogen-bond acceptors (Lipinski definition) is 8. The summed E-state index contributed by atoms with van der Waals surface area (Å²) >= 11 is 1.44. The Morgan fingerprint density at radius 3 is 2.58 bits per heavy atom. The molecule has 0 radical (unpaired) electrons. The van der Waals surface area contributed by atoms with E-state index in [0.717, 1.165) is 22.2 Å². The lowest BCUT2D eigenvalue weighted by Crippen LogP contribution is -2.38. The second-order valence-corrected chi connectivity index (χ2v) is 8.90. The number of methoxy groups -OCH3 is 2. The van der Waals surface area contributed by atoms with E-state index in [-0.39, 0.29) is 12.3 Å². The molecule has 2 aliphatic rings. The monoisotopic (exact) mass is 507 g/mol. The molecule has 0 spiro atoms. The number of para-hydroxylation sites is 1. The minimum atomic E-state index is -0.495. The minimum absolute atomic E-state index is 0.133. The molecule has 1 amide bonds. The highest BCUT2D eigenvalue weighted by atomic mass is 32.2. The van der Waals surface area contributed by atoms with Crippen molar-refractivity contribution in [2.75, 3.05) is 27.4 Å². The van der Waals surface area contributed by atoms with Gasteiger partial charge in [0.1, 0.15) is 18.1 Å². The molecule has 4 rings (SSSR count). The standard InChI is InChI=1S/C27H29N3O5S/c1-4-22-24(26(32)34-3)25(18-9-8-12-21(15-18)33-2)30-19(17-36-27(30)29-22)16-23(31)28-13-14-35-20-10-6-5-7-11-20/h5-12,15,17,25H,4,13-14,16H2,1-3H3,(H,28,31). The van der Waals surface area contributed by atoms with Gasteiger partial charge in [-0.3, -0.25) is 4.79 Å². The lowest BCUT2D eigenvalue weighted by Gasteiger charge is -2.36. The fourth-order valence-electron chi connectivity index (χ4n) is 4.14. The zero-order chi connectivity index (χ0) is 25.5. The molecule has 1 N–H and O–H groups in total. The van der Waals surface area contributed by atoms with Crippen LogP contribution in [0.4, 0.5) is 0 Å². The van der Waals surface area contributed by atoms with Gasteiger partial charge in [-0.25, -0.2) is 9.79 Å². The number of benzene rings is 2. The maximum Gasteiger partial charge on any atom is 0.338 e. The molecule has 0 saturated heterocycles. The first-order valence-electron chi connectivity index (χ1n) is 11.7. The van der Waals surface area contributed by atoms with Gasteiger partial charge in [-0.05, 0) is 41.7 Å². The van der Waals surface area contributed by atoms with E-state index in [2.05, 4.69) is 5.32 Å². The van der Waals surface area contributed by atoms with Gasteiger partial charge in [-0.15, -0.1) is 0 Å². The lowest BCUT2D eigenvalue weighted by molar-refractivity contribution is -0.136. The smallest absolute Gasteiger partial charge is 0.338 e. The number of carbonyl (C=O) groups is 2. The molecular formula is C27H29N3O5S. The van der Waals surface area contributed by atoms with Gasteiger partial charge in [0.05, 0.1) is 44.5 Å². The summed E-state index contributed by atoms with van der Waals surface area (Å²) in [6, 6.07) is 16.5. The molecule has 2 aliphatic heterocycles. The topological polar surface area (TPSA) is 89.5 Å². The number of amides is 1. The number of hydrogen-bond donors (Lipinski definition) is 1. The summed E-state index contributed by atoms with van der Waals surface area (Å²) in [5.41, 5.74) is 2.73. The molecule has 8 nitrogen and oxygen atoms in total. The van der Waals surface area contributed by atoms with Crippen LogP contribution in [0.5, 0.6) is 11.5 Å². The van der Waals surface area contributed by atoms with Crippen molar-refractivity contribution in [1.82, 2.24) is 10.2 Å². The third kappa shape index (κ3) is 5.57. The van der Waals surface area contributed by atoms with E-state index in [1.165, 1.54) is 18.9 Å². The van der Waals surface area contributed by atoms with Gasteiger partial charge in [0, 0.05) is 5.70 Å². The third-order valence-corrected chi connectivity index (χ3v) is 6.71. The van der Waals surface area contributed by atoms with Crippen molar-refractivity contribution in [3.8, 4) is 11.5 Å². The van der Waals surface area contributed by atoms with E-state index < -0.39 is 12.0 Å². The van der Waals surface area contributed by atoms with Gasteiger partial charge in [0.25, 0.3) is 0 Å². The summed E-state index contributed by atoms with van der Waals surface area (Å²) in [5, 5.41) is 5.55. The van der Waals surface area contributed by atoms with E-state index in [0.29, 0.717) is 36.6 Å². The van der Waals surface area contributed by atoms with Gasteiger partial charge in [0.15, 0.2) is 5.17 Å². The summed E-state index contributed by atoms with van der Waals surface area (Å²) in [7, 11) is 2.97. The van der Waals surface area contributed by atoms with Crippen LogP contribution in [0.25, 0.3) is 0 Å². The number of carbonyl (C=O) groups excluding carboxylic acids is 2. The number of fused-ring (bicyclic) bond motifs is 1. The third-order valence-electron chi connectivity index (χ3n) is 5.82. The predicted molar refractivity (Wildman–Crippen MR) is 140 cm³/mol. The van der Waals surface area contributed by atoms with E-state index in [4.69, 9.17) is 19.2 Å². The molecule has 0 aliphatic carbocycles. The molecule has 2 heterocycles. The van der Waals surface area contributed by atoms with Crippen LogP contribution in [0, 0.1) is 0 Å². The summed E-state index contributed by atoms with van der Waals surface area (Å²) in [5.74, 6) is 0.841. The van der Waals surface area contributed by atoms with E-state index in [1.807, 2.05) is 71.8 Å². The van der Waals surface area contributed by atoms with Gasteiger partial charge >= 0.3 is 5.97 Å². The Morgan fingerprint density at radius 1 is 1.08 bits per heavy atom. The first-order chi connectivity index (χ1) is 17.5. The van der Waals surface area contributed by atoms with Gasteiger partial charge in [0.2, 0.25) is 5.91 Å². The summed E-state index contributed by atoms with van der Waals surface area (Å²) in [6.45, 7) is 2.70. The molecule has 0 aromatic heterocycles. The van der Waals surface area contributed by atoms with Crippen LogP contribution in [-0.4, -0.2) is 49.3 Å². The second-order valence-electron chi connectivity index (χ2n) is 8.06. The number of thioether (sulfide) groups is 1. The molecule has 0 fully saturated rings. The van der Waals surface area contributed by atoms with Crippen molar-refractivity contribution >= 4 is 28.8 Å². The first-order valence-corrected chi connectivity index (χ1v) is 12.6. The first kappa shape index (κ1) is 25.4. The Kier molecular flexibility index (Phi) is 8.32. The number of nitrogens with one attached hydrogen (secondary N) is 1. The molecule has 188 valence electrons. The van der Waals surface area contributed by atoms with Crippen LogP contribution in [-0.2, 0) is 14.3 Å². The number of amidine groups is 1. The van der Waals surface area contributed by atoms with Crippen molar-refractivity contribution < 1.29 is 23.8 Å². The van der Waals surface area contributed by atoms with E-state index in [9.17, 15) is 9.59 Å². The van der Waals surface area contributed by atoms with Crippen molar-refractivity contribution in [1.29, 1.82) is 0 Å². The number of aliphatic imine (C=N–C) groups is 1. The molecule has 0 saturated carbocycles. The highest BCUT2D eigenvalue weighted by molar-refractivity contribution is 8.16. The number of ether oxygens (including phenoxy) is 3. The number of esters is 1. The van der Waals surface area contributed by atoms with Crippen LogP contribution in [0.2, 0.25) is 0 Å². The zero-order valence-electron chi connectivity index (χ0n) is 20.5. The van der Waals surface area contributed by atoms with Crippen molar-refractivity contribution in [3.05, 3.63) is 82.5 Å². The summed E-state index contributed by atoms with van der Waals surface area (Å²) < 4.78 is 16.2. The van der Waals surface area contributed by atoms with Crippen molar-refractivity contribution in [2.24, 2.45) is 4.99 Å². The molecule has 9 heteroatoms. The largest absolute Gasteiger partial charge is 0.497 e. The quantitative estimate of drug-likeness (QED) is 0.376. The SMILES string of the molecule is CCC1=C(C(=O)OC)C(c2cccc(OC)c2)N2C(CC(=O)NCCOc3ccccc3)=CSC2=N1. The fourth-order valence-corrected chi connectivity index (χ4v) is 5.08. The van der Waals surface area contributed by atoms with Crippen molar-refractivity contribution in [3.63, 3.8) is 0 Å². The Bertz CT molecular complexity index is 1210. The highest BCUT2D eigenvalue weighted by Gasteiger charge is 2.41. The fraction of sp³-hybridized carbons (Fsp3) is 0.296. The van der Waals surface area contributed by atoms with Crippen molar-refractivity contribution in [2.45, 2.75) is 25.8 Å². The van der Waals surface area contributed by atoms with Gasteiger partial charge in [-0.1, -0.05) is 49.0 Å². The molecule has 2 aromatic carbocycles. The molecule has 36 heavy (non-hydrogen) atoms. The molecule has 0 bridgehead atoms. The maximum absolute atomic E-state index is 13.0. The van der Waals surface area contributed by atoms with Crippen LogP contribution in [0.3, 0.4) is 0 Å². The number of nitrogens with zero attached hydrogens (tertiary/aromatic N) is 2. The Labute approximate surface area is 215 Å². The summed E-state index contributed by atoms with van der Waals surface area (Å²) in [6.07, 6.45) is 0.702. The number of rotatable bonds is 10. The Morgan fingerprint density at radius 2 is 1.86 bits per heavy atom. The Balaban J connectivity index is 1.53. The molecule has 2 aromatic rings. The van der Waals surface area contributed by atoms with Crippen LogP contribution < -0.4 is 14.8 Å². The van der Waals surface area contributed by atoms with Gasteiger partial charge < -0.3 is 24.4 Å². The normalized spacial score (nSPS) is 16.6.